The molecule has 1 aromatic rings. The van der Waals surface area contributed by atoms with Gasteiger partial charge in [-0.3, -0.25) is 0 Å². The molecule has 94 valence electrons. The number of amides is 1. The summed E-state index contributed by atoms with van der Waals surface area (Å²) in [4.78, 5) is 13.2. The number of alkyl halides is 3. The molecular weight excluding hydrogens is 237 g/mol. The highest BCUT2D eigenvalue weighted by Gasteiger charge is 2.33. The maximum absolute atomic E-state index is 12.3. The first-order chi connectivity index (χ1) is 7.98. The average Bonchev–Trinajstić information content (AvgIpc) is 2.78. The van der Waals surface area contributed by atoms with E-state index in [4.69, 9.17) is 0 Å². The number of hydrogen-bond acceptors (Lipinski definition) is 3. The van der Waals surface area contributed by atoms with Crippen molar-refractivity contribution in [1.29, 1.82) is 0 Å². The summed E-state index contributed by atoms with van der Waals surface area (Å²) in [5.41, 5.74) is -0.916. The van der Waals surface area contributed by atoms with Crippen LogP contribution in [0, 0.1) is 0 Å². The highest BCUT2D eigenvalue weighted by molar-refractivity contribution is 5.76. The minimum absolute atomic E-state index is 0.472. The maximum Gasteiger partial charge on any atom is 0.419 e. The van der Waals surface area contributed by atoms with Gasteiger partial charge in [-0.25, -0.2) is 4.79 Å². The normalized spacial score (nSPS) is 17.2. The van der Waals surface area contributed by atoms with Gasteiger partial charge in [0.1, 0.15) is 0 Å². The van der Waals surface area contributed by atoms with Gasteiger partial charge < -0.3 is 10.2 Å². The van der Waals surface area contributed by atoms with Crippen LogP contribution in [0.4, 0.5) is 18.0 Å². The summed E-state index contributed by atoms with van der Waals surface area (Å²) < 4.78 is 37.7. The molecule has 0 aromatic carbocycles. The lowest BCUT2D eigenvalue weighted by molar-refractivity contribution is -0.137. The zero-order valence-corrected chi connectivity index (χ0v) is 8.87. The fourth-order valence-electron chi connectivity index (χ4n) is 1.57. The van der Waals surface area contributed by atoms with E-state index in [1.165, 1.54) is 4.90 Å². The molecule has 1 fully saturated rings. The quantitative estimate of drug-likeness (QED) is 0.738. The van der Waals surface area contributed by atoms with Crippen molar-refractivity contribution in [2.45, 2.75) is 6.18 Å². The predicted molar refractivity (Wildman–Crippen MR) is 52.5 cm³/mol. The summed E-state index contributed by atoms with van der Waals surface area (Å²) in [5, 5.41) is 6.49. The first-order valence-corrected chi connectivity index (χ1v) is 5.10. The van der Waals surface area contributed by atoms with Crippen LogP contribution < -0.4 is 5.32 Å². The summed E-state index contributed by atoms with van der Waals surface area (Å²) in [5.74, 6) is 0. The molecule has 5 nitrogen and oxygen atoms in total. The van der Waals surface area contributed by atoms with Gasteiger partial charge in [-0.1, -0.05) is 0 Å². The van der Waals surface area contributed by atoms with Crippen molar-refractivity contribution in [3.63, 3.8) is 0 Å². The Morgan fingerprint density at radius 1 is 1.35 bits per heavy atom. The highest BCUT2D eigenvalue weighted by Crippen LogP contribution is 2.28. The van der Waals surface area contributed by atoms with Gasteiger partial charge in [0.2, 0.25) is 0 Å². The third-order valence-corrected chi connectivity index (χ3v) is 2.49. The van der Waals surface area contributed by atoms with Crippen LogP contribution in [0.15, 0.2) is 12.4 Å². The molecule has 2 rings (SSSR count). The van der Waals surface area contributed by atoms with Gasteiger partial charge in [0.15, 0.2) is 0 Å². The molecule has 0 radical (unpaired) electrons. The number of aromatic nitrogens is 2. The molecule has 1 saturated heterocycles. The molecule has 1 aromatic heterocycles. The van der Waals surface area contributed by atoms with Gasteiger partial charge in [-0.05, 0) is 0 Å². The van der Waals surface area contributed by atoms with E-state index in [2.05, 4.69) is 10.4 Å². The Balaban J connectivity index is 2.11. The van der Waals surface area contributed by atoms with Crippen molar-refractivity contribution in [2.75, 3.05) is 26.2 Å². The summed E-state index contributed by atoms with van der Waals surface area (Å²) in [7, 11) is 0. The third kappa shape index (κ3) is 2.57. The molecule has 0 bridgehead atoms. The van der Waals surface area contributed by atoms with E-state index in [9.17, 15) is 18.0 Å². The van der Waals surface area contributed by atoms with E-state index in [0.29, 0.717) is 38.6 Å². The zero-order chi connectivity index (χ0) is 12.5. The van der Waals surface area contributed by atoms with Gasteiger partial charge in [0, 0.05) is 32.4 Å². The molecule has 8 heteroatoms. The zero-order valence-electron chi connectivity index (χ0n) is 8.87. The molecule has 0 aliphatic carbocycles. The Labute approximate surface area is 95.2 Å². The molecule has 0 spiro atoms. The van der Waals surface area contributed by atoms with E-state index in [1.54, 1.807) is 0 Å². The largest absolute Gasteiger partial charge is 0.419 e. The third-order valence-electron chi connectivity index (χ3n) is 2.49. The topological polar surface area (TPSA) is 50.2 Å². The van der Waals surface area contributed by atoms with Crippen molar-refractivity contribution in [3.05, 3.63) is 18.0 Å². The first kappa shape index (κ1) is 11.9. The highest BCUT2D eigenvalue weighted by atomic mass is 19.4. The Hall–Kier alpha value is -1.57. The Morgan fingerprint density at radius 3 is 2.53 bits per heavy atom. The fraction of sp³-hybridized carbons (Fsp3) is 0.556. The summed E-state index contributed by atoms with van der Waals surface area (Å²) in [6.45, 7) is 2.22. The van der Waals surface area contributed by atoms with Crippen LogP contribution in [0.25, 0.3) is 0 Å². The van der Waals surface area contributed by atoms with Gasteiger partial charge in [-0.2, -0.15) is 23.0 Å². The van der Waals surface area contributed by atoms with Gasteiger partial charge in [-0.15, -0.1) is 0 Å². The van der Waals surface area contributed by atoms with Crippen LogP contribution >= 0.6 is 0 Å². The second-order valence-electron chi connectivity index (χ2n) is 3.69. The predicted octanol–water partition coefficient (Wildman–Crippen LogP) is 0.775. The molecule has 0 saturated carbocycles. The first-order valence-electron chi connectivity index (χ1n) is 5.10. The number of rotatable bonds is 0. The summed E-state index contributed by atoms with van der Waals surface area (Å²) >= 11 is 0. The van der Waals surface area contributed by atoms with Crippen LogP contribution in [0.5, 0.6) is 0 Å². The molecule has 1 aliphatic rings. The van der Waals surface area contributed by atoms with Crippen LogP contribution in [-0.2, 0) is 6.18 Å². The summed E-state index contributed by atoms with van der Waals surface area (Å²) in [6, 6.07) is -0.526. The van der Waals surface area contributed by atoms with E-state index >= 15 is 0 Å². The molecule has 2 heterocycles. The smallest absolute Gasteiger partial charge is 0.320 e. The van der Waals surface area contributed by atoms with E-state index in [0.717, 1.165) is 4.68 Å². The number of piperazine rings is 1. The maximum atomic E-state index is 12.3. The van der Waals surface area contributed by atoms with Gasteiger partial charge in [0.25, 0.3) is 0 Å². The Morgan fingerprint density at radius 2 is 2.00 bits per heavy atom. The molecular formula is C9H11F3N4O. The molecule has 1 aliphatic heterocycles. The number of nitrogens with one attached hydrogen (secondary N) is 1. The van der Waals surface area contributed by atoms with Crippen LogP contribution in [0.3, 0.4) is 0 Å². The lowest BCUT2D eigenvalue weighted by Gasteiger charge is -2.26. The van der Waals surface area contributed by atoms with E-state index in [-0.39, 0.29) is 0 Å². The number of halogens is 3. The minimum Gasteiger partial charge on any atom is -0.320 e. The van der Waals surface area contributed by atoms with E-state index < -0.39 is 17.8 Å². The second-order valence-corrected chi connectivity index (χ2v) is 3.69. The molecule has 1 amide bonds. The molecule has 0 unspecified atom stereocenters. The minimum atomic E-state index is -4.47. The van der Waals surface area contributed by atoms with Crippen molar-refractivity contribution < 1.29 is 18.0 Å². The standard InChI is InChI=1S/C9H11F3N4O/c10-9(11,12)7-5-14-16(6-7)8(17)15-3-1-13-2-4-15/h5-6,13H,1-4H2. The molecule has 0 atom stereocenters. The van der Waals surface area contributed by atoms with Crippen molar-refractivity contribution in [2.24, 2.45) is 0 Å². The molecule has 17 heavy (non-hydrogen) atoms. The average molecular weight is 248 g/mol. The summed E-state index contributed by atoms with van der Waals surface area (Å²) in [6.07, 6.45) is -3.10. The number of nitrogens with zero attached hydrogens (tertiary/aromatic N) is 3. The second kappa shape index (κ2) is 4.36. The lowest BCUT2D eigenvalue weighted by atomic mass is 10.3. The fourth-order valence-corrected chi connectivity index (χ4v) is 1.57. The van der Waals surface area contributed by atoms with Gasteiger partial charge in [0.05, 0.1) is 11.8 Å². The number of carbonyl (C=O) groups excluding carboxylic acids is 1. The monoisotopic (exact) mass is 248 g/mol. The van der Waals surface area contributed by atoms with Crippen LogP contribution in [0.1, 0.15) is 5.56 Å². The Kier molecular flexibility index (Phi) is 3.05. The lowest BCUT2D eigenvalue weighted by Crippen LogP contribution is -2.48. The van der Waals surface area contributed by atoms with Crippen LogP contribution in [-0.4, -0.2) is 46.9 Å². The van der Waals surface area contributed by atoms with Crippen molar-refractivity contribution in [3.8, 4) is 0 Å². The number of carbonyl (C=O) groups is 1. The molecule has 1 N–H and O–H groups in total. The Bertz CT molecular complexity index is 409. The van der Waals surface area contributed by atoms with Crippen molar-refractivity contribution >= 4 is 6.03 Å². The SMILES string of the molecule is O=C(N1CCNCC1)n1cc(C(F)(F)F)cn1. The van der Waals surface area contributed by atoms with Gasteiger partial charge >= 0.3 is 12.2 Å². The number of hydrogen-bond donors (Lipinski definition) is 1. The van der Waals surface area contributed by atoms with Crippen molar-refractivity contribution in [1.82, 2.24) is 20.0 Å². The van der Waals surface area contributed by atoms with Crippen LogP contribution in [0.2, 0.25) is 0 Å². The van der Waals surface area contributed by atoms with E-state index in [1.807, 2.05) is 0 Å².